The first-order valence-electron chi connectivity index (χ1n) is 10.5. The van der Waals surface area contributed by atoms with Crippen LogP contribution in [0.5, 0.6) is 11.5 Å². The number of hydrogen-bond acceptors (Lipinski definition) is 5. The number of para-hydroxylation sites is 1. The van der Waals surface area contributed by atoms with E-state index in [9.17, 15) is 9.59 Å². The largest absolute Gasteiger partial charge is 0.494 e. The highest BCUT2D eigenvalue weighted by molar-refractivity contribution is 7.80. The van der Waals surface area contributed by atoms with Crippen LogP contribution in [0.4, 0.5) is 0 Å². The summed E-state index contributed by atoms with van der Waals surface area (Å²) in [5, 5.41) is 2.84. The van der Waals surface area contributed by atoms with Gasteiger partial charge in [0, 0.05) is 5.56 Å². The highest BCUT2D eigenvalue weighted by Crippen LogP contribution is 2.22. The molecule has 7 nitrogen and oxygen atoms in total. The Morgan fingerprint density at radius 2 is 1.66 bits per heavy atom. The van der Waals surface area contributed by atoms with Crippen molar-refractivity contribution in [1.29, 1.82) is 0 Å². The van der Waals surface area contributed by atoms with E-state index in [2.05, 4.69) is 23.1 Å². The van der Waals surface area contributed by atoms with Crippen molar-refractivity contribution in [2.45, 2.75) is 39.0 Å². The molecule has 0 unspecified atom stereocenters. The quantitative estimate of drug-likeness (QED) is 0.252. The summed E-state index contributed by atoms with van der Waals surface area (Å²) < 4.78 is 11.0. The first kappa shape index (κ1) is 25.4. The zero-order chi connectivity index (χ0) is 23.2. The molecule has 0 atom stereocenters. The second-order valence-corrected chi connectivity index (χ2v) is 7.78. The summed E-state index contributed by atoms with van der Waals surface area (Å²) in [6, 6.07) is 13.6. The third-order valence-corrected chi connectivity index (χ3v) is 4.89. The van der Waals surface area contributed by atoms with Gasteiger partial charge in [-0.25, -0.2) is 0 Å². The first-order chi connectivity index (χ1) is 15.5. The predicted octanol–water partition coefficient (Wildman–Crippen LogP) is 4.40. The number of halogens is 1. The van der Waals surface area contributed by atoms with Crippen molar-refractivity contribution in [3.63, 3.8) is 0 Å². The molecule has 0 aromatic heterocycles. The van der Waals surface area contributed by atoms with Crippen molar-refractivity contribution in [2.75, 3.05) is 13.2 Å². The summed E-state index contributed by atoms with van der Waals surface area (Å²) in [4.78, 5) is 24.1. The Bertz CT molecular complexity index is 893. The zero-order valence-corrected chi connectivity index (χ0v) is 19.6. The van der Waals surface area contributed by atoms with Crippen molar-refractivity contribution in [2.24, 2.45) is 0 Å². The van der Waals surface area contributed by atoms with Crippen LogP contribution in [-0.4, -0.2) is 30.1 Å². The summed E-state index contributed by atoms with van der Waals surface area (Å²) >= 11 is 11.0. The van der Waals surface area contributed by atoms with Crippen LogP contribution in [-0.2, 0) is 4.79 Å². The minimum Gasteiger partial charge on any atom is -0.494 e. The van der Waals surface area contributed by atoms with Gasteiger partial charge in [0.1, 0.15) is 11.5 Å². The standard InChI is InChI=1S/C23H28ClN3O4S/c1-2-3-4-5-8-15-30-18-13-11-17(12-14-18)22(29)25-23(32)27-26-21(28)16-31-20-10-7-6-9-19(20)24/h6-7,9-14H,2-5,8,15-16H2,1H3,(H,26,28)(H2,25,27,29,32). The molecule has 172 valence electrons. The molecule has 0 saturated heterocycles. The Morgan fingerprint density at radius 3 is 2.38 bits per heavy atom. The summed E-state index contributed by atoms with van der Waals surface area (Å²) in [6.07, 6.45) is 5.86. The molecule has 2 rings (SSSR count). The van der Waals surface area contributed by atoms with Crippen LogP contribution in [0.1, 0.15) is 49.4 Å². The van der Waals surface area contributed by atoms with Crippen LogP contribution in [0.15, 0.2) is 48.5 Å². The van der Waals surface area contributed by atoms with Crippen LogP contribution in [0.3, 0.4) is 0 Å². The Balaban J connectivity index is 1.66. The maximum Gasteiger partial charge on any atom is 0.276 e. The maximum atomic E-state index is 12.3. The molecule has 32 heavy (non-hydrogen) atoms. The smallest absolute Gasteiger partial charge is 0.276 e. The SMILES string of the molecule is CCCCCCCOc1ccc(C(=O)NC(=S)NNC(=O)COc2ccccc2Cl)cc1. The minimum absolute atomic E-state index is 0.0477. The van der Waals surface area contributed by atoms with Crippen molar-refractivity contribution < 1.29 is 19.1 Å². The van der Waals surface area contributed by atoms with E-state index >= 15 is 0 Å². The van der Waals surface area contributed by atoms with E-state index < -0.39 is 11.8 Å². The fraction of sp³-hybridized carbons (Fsp3) is 0.348. The molecule has 3 N–H and O–H groups in total. The molecule has 0 aliphatic rings. The van der Waals surface area contributed by atoms with Gasteiger partial charge in [0.25, 0.3) is 11.8 Å². The van der Waals surface area contributed by atoms with Crippen LogP contribution < -0.4 is 25.6 Å². The number of ether oxygens (including phenoxy) is 2. The zero-order valence-electron chi connectivity index (χ0n) is 18.0. The molecule has 0 saturated carbocycles. The lowest BCUT2D eigenvalue weighted by molar-refractivity contribution is -0.123. The molecule has 0 bridgehead atoms. The van der Waals surface area contributed by atoms with Gasteiger partial charge in [-0.1, -0.05) is 56.3 Å². The number of amides is 2. The number of hydrazine groups is 1. The fourth-order valence-electron chi connectivity index (χ4n) is 2.67. The Hall–Kier alpha value is -2.84. The Morgan fingerprint density at radius 1 is 0.938 bits per heavy atom. The summed E-state index contributed by atoms with van der Waals surface area (Å²) in [7, 11) is 0. The van der Waals surface area contributed by atoms with E-state index in [1.165, 1.54) is 19.3 Å². The molecule has 0 heterocycles. The molecular weight excluding hydrogens is 450 g/mol. The number of unbranched alkanes of at least 4 members (excludes halogenated alkanes) is 4. The minimum atomic E-state index is -0.488. The van der Waals surface area contributed by atoms with Crippen LogP contribution in [0.25, 0.3) is 0 Å². The highest BCUT2D eigenvalue weighted by atomic mass is 35.5. The Labute approximate surface area is 198 Å². The van der Waals surface area contributed by atoms with Crippen molar-refractivity contribution >= 4 is 40.7 Å². The first-order valence-corrected chi connectivity index (χ1v) is 11.3. The van der Waals surface area contributed by atoms with Gasteiger partial charge < -0.3 is 9.47 Å². The molecule has 2 aromatic carbocycles. The van der Waals surface area contributed by atoms with E-state index in [4.69, 9.17) is 33.3 Å². The normalized spacial score (nSPS) is 10.2. The topological polar surface area (TPSA) is 88.7 Å². The average molecular weight is 478 g/mol. The number of carbonyl (C=O) groups is 2. The third kappa shape index (κ3) is 9.53. The number of rotatable bonds is 11. The van der Waals surface area contributed by atoms with Crippen molar-refractivity contribution in [3.8, 4) is 11.5 Å². The van der Waals surface area contributed by atoms with Crippen LogP contribution >= 0.6 is 23.8 Å². The number of hydrogen-bond donors (Lipinski definition) is 3. The number of benzene rings is 2. The maximum absolute atomic E-state index is 12.3. The second-order valence-electron chi connectivity index (χ2n) is 6.96. The van der Waals surface area contributed by atoms with Gasteiger partial charge in [-0.3, -0.25) is 25.8 Å². The Kier molecular flexibility index (Phi) is 11.3. The van der Waals surface area contributed by atoms with E-state index in [-0.39, 0.29) is 11.7 Å². The predicted molar refractivity (Wildman–Crippen MR) is 129 cm³/mol. The summed E-state index contributed by atoms with van der Waals surface area (Å²) in [6.45, 7) is 2.57. The van der Waals surface area contributed by atoms with E-state index in [1.54, 1.807) is 48.5 Å². The average Bonchev–Trinajstić information content (AvgIpc) is 2.80. The molecule has 0 aliphatic heterocycles. The fourth-order valence-corrected chi connectivity index (χ4v) is 3.01. The lowest BCUT2D eigenvalue weighted by atomic mass is 10.2. The monoisotopic (exact) mass is 477 g/mol. The third-order valence-electron chi connectivity index (χ3n) is 4.37. The molecular formula is C23H28ClN3O4S. The summed E-state index contributed by atoms with van der Waals surface area (Å²) in [5.74, 6) is 0.209. The van der Waals surface area contributed by atoms with Gasteiger partial charge in [-0.15, -0.1) is 0 Å². The highest BCUT2D eigenvalue weighted by Gasteiger charge is 2.10. The van der Waals surface area contributed by atoms with Gasteiger partial charge >= 0.3 is 0 Å². The van der Waals surface area contributed by atoms with Gasteiger partial charge in [0.2, 0.25) is 0 Å². The molecule has 0 fully saturated rings. The van der Waals surface area contributed by atoms with E-state index in [0.29, 0.717) is 28.7 Å². The van der Waals surface area contributed by atoms with Crippen molar-refractivity contribution in [3.05, 3.63) is 59.1 Å². The number of nitrogens with one attached hydrogen (secondary N) is 3. The lowest BCUT2D eigenvalue weighted by Crippen LogP contribution is -2.49. The van der Waals surface area contributed by atoms with Gasteiger partial charge in [0.05, 0.1) is 11.6 Å². The molecule has 2 aromatic rings. The lowest BCUT2D eigenvalue weighted by Gasteiger charge is -2.12. The van der Waals surface area contributed by atoms with Crippen LogP contribution in [0, 0.1) is 0 Å². The second kappa shape index (κ2) is 14.3. The molecule has 0 radical (unpaired) electrons. The molecule has 9 heteroatoms. The van der Waals surface area contributed by atoms with Gasteiger partial charge in [-0.2, -0.15) is 0 Å². The van der Waals surface area contributed by atoms with Gasteiger partial charge in [-0.05, 0) is 55.0 Å². The van der Waals surface area contributed by atoms with Gasteiger partial charge in [0.15, 0.2) is 11.7 Å². The van der Waals surface area contributed by atoms with Crippen molar-refractivity contribution in [1.82, 2.24) is 16.2 Å². The van der Waals surface area contributed by atoms with Crippen LogP contribution in [0.2, 0.25) is 5.02 Å². The number of thiocarbonyl (C=S) groups is 1. The van der Waals surface area contributed by atoms with E-state index in [0.717, 1.165) is 12.8 Å². The van der Waals surface area contributed by atoms with E-state index in [1.807, 2.05) is 0 Å². The summed E-state index contributed by atoms with van der Waals surface area (Å²) in [5.41, 5.74) is 5.22. The number of carbonyl (C=O) groups excluding carboxylic acids is 2. The molecule has 0 spiro atoms. The molecule has 0 aliphatic carbocycles. The molecule has 2 amide bonds.